The van der Waals surface area contributed by atoms with Crippen molar-refractivity contribution in [2.24, 2.45) is 0 Å². The zero-order chi connectivity index (χ0) is 10.0. The summed E-state index contributed by atoms with van der Waals surface area (Å²) < 4.78 is 5.23. The van der Waals surface area contributed by atoms with Crippen LogP contribution in [0.3, 0.4) is 0 Å². The molecule has 1 saturated heterocycles. The predicted molar refractivity (Wildman–Crippen MR) is 57.6 cm³/mol. The van der Waals surface area contributed by atoms with E-state index in [1.165, 1.54) is 4.90 Å². The van der Waals surface area contributed by atoms with Crippen LogP contribution in [-0.4, -0.2) is 24.6 Å². The molecule has 0 aromatic heterocycles. The van der Waals surface area contributed by atoms with Crippen LogP contribution in [0.4, 0.5) is 0 Å². The van der Waals surface area contributed by atoms with Crippen LogP contribution in [0.5, 0.6) is 0 Å². The molecule has 1 aliphatic rings. The number of ether oxygens (including phenoxy) is 1. The molecule has 2 nitrogen and oxygen atoms in total. The lowest BCUT2D eigenvalue weighted by molar-refractivity contribution is 0.0230. The van der Waals surface area contributed by atoms with Crippen LogP contribution in [0.25, 0.3) is 0 Å². The average molecular weight is 210 g/mol. The van der Waals surface area contributed by atoms with Gasteiger partial charge in [-0.25, -0.2) is 0 Å². The summed E-state index contributed by atoms with van der Waals surface area (Å²) in [4.78, 5) is 1.18. The van der Waals surface area contributed by atoms with E-state index in [0.717, 1.165) is 5.56 Å². The molecule has 76 valence electrons. The number of rotatable bonds is 2. The third-order valence-electron chi connectivity index (χ3n) is 2.61. The highest BCUT2D eigenvalue weighted by Gasteiger charge is 2.34. The first-order valence-electron chi connectivity index (χ1n) is 4.69. The van der Waals surface area contributed by atoms with Gasteiger partial charge in [-0.15, -0.1) is 11.8 Å². The first-order chi connectivity index (χ1) is 6.74. The molecule has 0 bridgehead atoms. The Hall–Kier alpha value is -0.510. The van der Waals surface area contributed by atoms with E-state index in [2.05, 4.69) is 0 Å². The van der Waals surface area contributed by atoms with E-state index in [0.29, 0.717) is 19.6 Å². The summed E-state index contributed by atoms with van der Waals surface area (Å²) in [5.41, 5.74) is 0.216. The van der Waals surface area contributed by atoms with E-state index < -0.39 is 5.60 Å². The third kappa shape index (κ3) is 1.80. The molecule has 3 heteroatoms. The molecular weight excluding hydrogens is 196 g/mol. The quantitative estimate of drug-likeness (QED) is 0.757. The molecule has 0 aliphatic carbocycles. The second kappa shape index (κ2) is 3.93. The number of hydrogen-bond donors (Lipinski definition) is 1. The van der Waals surface area contributed by atoms with Crippen molar-refractivity contribution in [3.63, 3.8) is 0 Å². The van der Waals surface area contributed by atoms with E-state index in [1.807, 2.05) is 30.5 Å². The Morgan fingerprint density at radius 1 is 1.50 bits per heavy atom. The van der Waals surface area contributed by atoms with Gasteiger partial charge in [0.15, 0.2) is 0 Å². The molecule has 2 rings (SSSR count). The lowest BCUT2D eigenvalue weighted by Gasteiger charge is -2.21. The summed E-state index contributed by atoms with van der Waals surface area (Å²) in [6, 6.07) is 8.04. The summed E-state index contributed by atoms with van der Waals surface area (Å²) in [7, 11) is 0. The van der Waals surface area contributed by atoms with E-state index in [9.17, 15) is 5.11 Å². The summed E-state index contributed by atoms with van der Waals surface area (Å²) >= 11 is 1.69. The highest BCUT2D eigenvalue weighted by Crippen LogP contribution is 2.31. The van der Waals surface area contributed by atoms with Crippen LogP contribution in [0.2, 0.25) is 0 Å². The fraction of sp³-hybridized carbons (Fsp3) is 0.455. The van der Waals surface area contributed by atoms with Crippen molar-refractivity contribution < 1.29 is 9.84 Å². The smallest absolute Gasteiger partial charge is 0.115 e. The Morgan fingerprint density at radius 3 is 3.00 bits per heavy atom. The van der Waals surface area contributed by atoms with Crippen molar-refractivity contribution in [1.29, 1.82) is 0 Å². The first kappa shape index (κ1) is 10.0. The van der Waals surface area contributed by atoms with E-state index in [4.69, 9.17) is 4.74 Å². The fourth-order valence-corrected chi connectivity index (χ4v) is 2.15. The van der Waals surface area contributed by atoms with Crippen LogP contribution in [0, 0.1) is 0 Å². The summed E-state index contributed by atoms with van der Waals surface area (Å²) in [5, 5.41) is 10.2. The van der Waals surface area contributed by atoms with E-state index in [1.54, 1.807) is 11.8 Å². The lowest BCUT2D eigenvalue weighted by Crippen LogP contribution is -2.25. The van der Waals surface area contributed by atoms with Crippen LogP contribution in [0.1, 0.15) is 12.0 Å². The standard InChI is InChI=1S/C11H14O2S/c1-14-10-4-2-3-9(7-10)11(12)5-6-13-8-11/h2-4,7,12H,5-6,8H2,1H3. The van der Waals surface area contributed by atoms with Gasteiger partial charge in [0.2, 0.25) is 0 Å². The Morgan fingerprint density at radius 2 is 2.36 bits per heavy atom. The molecule has 14 heavy (non-hydrogen) atoms. The second-order valence-electron chi connectivity index (χ2n) is 3.57. The van der Waals surface area contributed by atoms with Gasteiger partial charge in [0, 0.05) is 17.9 Å². The van der Waals surface area contributed by atoms with Crippen LogP contribution in [0.15, 0.2) is 29.2 Å². The Balaban J connectivity index is 2.30. The SMILES string of the molecule is CSc1cccc(C2(O)CCOC2)c1. The van der Waals surface area contributed by atoms with E-state index >= 15 is 0 Å². The Labute approximate surface area is 88.3 Å². The molecule has 0 amide bonds. The van der Waals surface area contributed by atoms with Crippen LogP contribution >= 0.6 is 11.8 Å². The molecule has 1 aromatic rings. The second-order valence-corrected chi connectivity index (χ2v) is 4.45. The maximum atomic E-state index is 10.2. The minimum absolute atomic E-state index is 0.421. The molecule has 0 radical (unpaired) electrons. The average Bonchev–Trinajstić information content (AvgIpc) is 2.67. The molecular formula is C11H14O2S. The lowest BCUT2D eigenvalue weighted by atomic mass is 9.93. The van der Waals surface area contributed by atoms with Gasteiger partial charge in [-0.1, -0.05) is 12.1 Å². The number of benzene rings is 1. The zero-order valence-corrected chi connectivity index (χ0v) is 9.01. The summed E-state index contributed by atoms with van der Waals surface area (Å²) in [5.74, 6) is 0. The fourth-order valence-electron chi connectivity index (χ4n) is 1.69. The highest BCUT2D eigenvalue weighted by atomic mass is 32.2. The summed E-state index contributed by atoms with van der Waals surface area (Å²) in [6.45, 7) is 1.07. The normalized spacial score (nSPS) is 26.7. The van der Waals surface area contributed by atoms with Crippen LogP contribution < -0.4 is 0 Å². The van der Waals surface area contributed by atoms with Gasteiger partial charge >= 0.3 is 0 Å². The zero-order valence-electron chi connectivity index (χ0n) is 8.19. The maximum absolute atomic E-state index is 10.2. The molecule has 1 heterocycles. The van der Waals surface area contributed by atoms with E-state index in [-0.39, 0.29) is 0 Å². The van der Waals surface area contributed by atoms with Gasteiger partial charge in [0.05, 0.1) is 6.61 Å². The largest absolute Gasteiger partial charge is 0.383 e. The molecule has 1 fully saturated rings. The first-order valence-corrected chi connectivity index (χ1v) is 5.92. The molecule has 1 atom stereocenters. The van der Waals surface area contributed by atoms with Crippen molar-refractivity contribution >= 4 is 11.8 Å². The predicted octanol–water partition coefficient (Wildman–Crippen LogP) is 2.02. The van der Waals surface area contributed by atoms with Crippen molar-refractivity contribution in [3.8, 4) is 0 Å². The minimum atomic E-state index is -0.758. The highest BCUT2D eigenvalue weighted by molar-refractivity contribution is 7.98. The number of aliphatic hydroxyl groups is 1. The van der Waals surface area contributed by atoms with Crippen LogP contribution in [-0.2, 0) is 10.3 Å². The van der Waals surface area contributed by atoms with Crippen molar-refractivity contribution in [2.75, 3.05) is 19.5 Å². The minimum Gasteiger partial charge on any atom is -0.383 e. The molecule has 0 spiro atoms. The Bertz CT molecular complexity index is 319. The summed E-state index contributed by atoms with van der Waals surface area (Å²) in [6.07, 6.45) is 2.74. The van der Waals surface area contributed by atoms with Gasteiger partial charge in [0.1, 0.15) is 5.60 Å². The molecule has 0 saturated carbocycles. The number of hydrogen-bond acceptors (Lipinski definition) is 3. The van der Waals surface area contributed by atoms with Gasteiger partial charge in [-0.2, -0.15) is 0 Å². The van der Waals surface area contributed by atoms with Crippen molar-refractivity contribution in [1.82, 2.24) is 0 Å². The van der Waals surface area contributed by atoms with Gasteiger partial charge in [-0.3, -0.25) is 0 Å². The van der Waals surface area contributed by atoms with Gasteiger partial charge in [-0.05, 0) is 24.0 Å². The van der Waals surface area contributed by atoms with Gasteiger partial charge in [0.25, 0.3) is 0 Å². The maximum Gasteiger partial charge on any atom is 0.115 e. The molecule has 1 aliphatic heterocycles. The molecule has 1 unspecified atom stereocenters. The van der Waals surface area contributed by atoms with Crippen molar-refractivity contribution in [2.45, 2.75) is 16.9 Å². The molecule has 1 aromatic carbocycles. The molecule has 1 N–H and O–H groups in total. The van der Waals surface area contributed by atoms with Crippen molar-refractivity contribution in [3.05, 3.63) is 29.8 Å². The number of thioether (sulfide) groups is 1. The Kier molecular flexibility index (Phi) is 2.81. The van der Waals surface area contributed by atoms with Gasteiger partial charge < -0.3 is 9.84 Å². The third-order valence-corrected chi connectivity index (χ3v) is 3.33. The monoisotopic (exact) mass is 210 g/mol. The topological polar surface area (TPSA) is 29.5 Å².